The minimum Gasteiger partial charge on any atom is -0.385 e. The highest BCUT2D eigenvalue weighted by atomic mass is 32.2. The van der Waals surface area contributed by atoms with Gasteiger partial charge in [-0.2, -0.15) is 0 Å². The van der Waals surface area contributed by atoms with E-state index in [2.05, 4.69) is 11.4 Å². The maximum absolute atomic E-state index is 13.0. The summed E-state index contributed by atoms with van der Waals surface area (Å²) in [6.45, 7) is 0.646. The minimum atomic E-state index is -2.44. The first-order valence-corrected chi connectivity index (χ1v) is 7.07. The molecule has 0 aliphatic heterocycles. The molecule has 1 aromatic carbocycles. The van der Waals surface area contributed by atoms with Crippen LogP contribution in [0.1, 0.15) is 19.3 Å². The fraction of sp³-hybridized carbons (Fsp3) is 0.538. The molecule has 0 amide bonds. The van der Waals surface area contributed by atoms with Crippen LogP contribution in [0.5, 0.6) is 0 Å². The molecule has 0 saturated heterocycles. The molecule has 0 heterocycles. The monoisotopic (exact) mass is 257 g/mol. The molecule has 17 heavy (non-hydrogen) atoms. The Balaban J connectivity index is 1.86. The number of anilines is 1. The summed E-state index contributed by atoms with van der Waals surface area (Å²) in [6.07, 6.45) is 2.73. The van der Waals surface area contributed by atoms with Gasteiger partial charge in [0.15, 0.2) is 0 Å². The van der Waals surface area contributed by atoms with Gasteiger partial charge in [-0.3, -0.25) is 0 Å². The molecule has 1 aliphatic rings. The van der Waals surface area contributed by atoms with Crippen LogP contribution in [0, 0.1) is 5.92 Å². The Morgan fingerprint density at radius 1 is 1.47 bits per heavy atom. The lowest BCUT2D eigenvalue weighted by Crippen LogP contribution is -2.15. The topological polar surface area (TPSA) is 12.0 Å². The summed E-state index contributed by atoms with van der Waals surface area (Å²) >= 11 is 1.68. The van der Waals surface area contributed by atoms with Crippen LogP contribution in [-0.4, -0.2) is 18.7 Å². The van der Waals surface area contributed by atoms with Gasteiger partial charge in [-0.15, -0.1) is 11.8 Å². The zero-order valence-electron chi connectivity index (χ0n) is 9.88. The molecule has 1 N–H and O–H groups in total. The number of nitrogens with one attached hydrogen (secondary N) is 1. The number of alkyl halides is 2. The number of halogens is 2. The Labute approximate surface area is 105 Å². The van der Waals surface area contributed by atoms with Gasteiger partial charge in [0, 0.05) is 30.0 Å². The van der Waals surface area contributed by atoms with E-state index in [1.54, 1.807) is 11.8 Å². The highest BCUT2D eigenvalue weighted by Crippen LogP contribution is 2.38. The van der Waals surface area contributed by atoms with Crippen LogP contribution < -0.4 is 5.32 Å². The summed E-state index contributed by atoms with van der Waals surface area (Å²) in [7, 11) is 0. The SMILES string of the molecule is CSc1cccc(NCC2CCC(F)(F)C2)c1. The van der Waals surface area contributed by atoms with Crippen molar-refractivity contribution in [3.05, 3.63) is 24.3 Å². The van der Waals surface area contributed by atoms with Crippen molar-refractivity contribution in [3.8, 4) is 0 Å². The van der Waals surface area contributed by atoms with Crippen molar-refractivity contribution < 1.29 is 8.78 Å². The zero-order chi connectivity index (χ0) is 12.3. The van der Waals surface area contributed by atoms with Gasteiger partial charge in [-0.05, 0) is 36.8 Å². The van der Waals surface area contributed by atoms with Crippen LogP contribution in [0.3, 0.4) is 0 Å². The quantitative estimate of drug-likeness (QED) is 0.809. The van der Waals surface area contributed by atoms with Crippen molar-refractivity contribution in [3.63, 3.8) is 0 Å². The van der Waals surface area contributed by atoms with Gasteiger partial charge in [-0.25, -0.2) is 8.78 Å². The molecule has 1 unspecified atom stereocenters. The first kappa shape index (κ1) is 12.7. The third kappa shape index (κ3) is 3.60. The van der Waals surface area contributed by atoms with Crippen LogP contribution in [0.2, 0.25) is 0 Å². The lowest BCUT2D eigenvalue weighted by Gasteiger charge is -2.13. The first-order valence-electron chi connectivity index (χ1n) is 5.85. The third-order valence-electron chi connectivity index (χ3n) is 3.17. The molecule has 0 aromatic heterocycles. The summed E-state index contributed by atoms with van der Waals surface area (Å²) in [5.41, 5.74) is 1.02. The first-order chi connectivity index (χ1) is 8.09. The van der Waals surface area contributed by atoms with Crippen molar-refractivity contribution in [2.75, 3.05) is 18.1 Å². The normalized spacial score (nSPS) is 22.6. The Morgan fingerprint density at radius 3 is 2.94 bits per heavy atom. The second-order valence-electron chi connectivity index (χ2n) is 4.58. The molecule has 1 atom stereocenters. The number of thioether (sulfide) groups is 1. The van der Waals surface area contributed by atoms with Crippen molar-refractivity contribution in [1.82, 2.24) is 0 Å². The fourth-order valence-electron chi connectivity index (χ4n) is 2.21. The van der Waals surface area contributed by atoms with E-state index in [1.807, 2.05) is 24.5 Å². The van der Waals surface area contributed by atoms with Crippen LogP contribution in [0.4, 0.5) is 14.5 Å². The Morgan fingerprint density at radius 2 is 2.29 bits per heavy atom. The Bertz CT molecular complexity index is 381. The maximum Gasteiger partial charge on any atom is 0.248 e. The molecular formula is C13H17F2NS. The van der Waals surface area contributed by atoms with Gasteiger partial charge in [0.05, 0.1) is 0 Å². The smallest absolute Gasteiger partial charge is 0.248 e. The van der Waals surface area contributed by atoms with Gasteiger partial charge in [-0.1, -0.05) is 6.07 Å². The summed E-state index contributed by atoms with van der Waals surface area (Å²) in [4.78, 5) is 1.19. The fourth-order valence-corrected chi connectivity index (χ4v) is 2.67. The summed E-state index contributed by atoms with van der Waals surface area (Å²) in [5, 5.41) is 3.25. The maximum atomic E-state index is 13.0. The largest absolute Gasteiger partial charge is 0.385 e. The van der Waals surface area contributed by atoms with E-state index < -0.39 is 5.92 Å². The third-order valence-corrected chi connectivity index (χ3v) is 3.90. The van der Waals surface area contributed by atoms with Crippen LogP contribution in [0.25, 0.3) is 0 Å². The molecule has 0 spiro atoms. The van der Waals surface area contributed by atoms with Gasteiger partial charge in [0.2, 0.25) is 5.92 Å². The number of hydrogen-bond acceptors (Lipinski definition) is 2. The zero-order valence-corrected chi connectivity index (χ0v) is 10.7. The van der Waals surface area contributed by atoms with Crippen molar-refractivity contribution in [2.24, 2.45) is 5.92 Å². The Kier molecular flexibility index (Phi) is 3.92. The van der Waals surface area contributed by atoms with E-state index in [1.165, 1.54) is 4.90 Å². The molecule has 1 aromatic rings. The van der Waals surface area contributed by atoms with E-state index in [9.17, 15) is 8.78 Å². The summed E-state index contributed by atoms with van der Waals surface area (Å²) < 4.78 is 26.0. The predicted octanol–water partition coefficient (Wildman–Crippen LogP) is 4.26. The second-order valence-corrected chi connectivity index (χ2v) is 5.46. The molecule has 1 fully saturated rings. The summed E-state index contributed by atoms with van der Waals surface area (Å²) in [6, 6.07) is 8.06. The minimum absolute atomic E-state index is 0.0300. The molecule has 0 bridgehead atoms. The average molecular weight is 257 g/mol. The molecule has 0 radical (unpaired) electrons. The molecule has 94 valence electrons. The predicted molar refractivity (Wildman–Crippen MR) is 69.0 cm³/mol. The lowest BCUT2D eigenvalue weighted by molar-refractivity contribution is 0.00556. The Hall–Kier alpha value is -0.770. The van der Waals surface area contributed by atoms with Crippen LogP contribution in [0.15, 0.2) is 29.2 Å². The van der Waals surface area contributed by atoms with Crippen molar-refractivity contribution in [1.29, 1.82) is 0 Å². The second kappa shape index (κ2) is 5.25. The molecule has 1 aliphatic carbocycles. The number of rotatable bonds is 4. The van der Waals surface area contributed by atoms with Crippen LogP contribution >= 0.6 is 11.8 Å². The number of benzene rings is 1. The van der Waals surface area contributed by atoms with Gasteiger partial charge >= 0.3 is 0 Å². The molecule has 4 heteroatoms. The van der Waals surface area contributed by atoms with Gasteiger partial charge in [0.25, 0.3) is 0 Å². The molecule has 1 saturated carbocycles. The van der Waals surface area contributed by atoms with E-state index >= 15 is 0 Å². The van der Waals surface area contributed by atoms with E-state index in [0.717, 1.165) is 5.69 Å². The van der Waals surface area contributed by atoms with E-state index in [-0.39, 0.29) is 18.8 Å². The molecule has 1 nitrogen and oxygen atoms in total. The highest BCUT2D eigenvalue weighted by molar-refractivity contribution is 7.98. The summed E-state index contributed by atoms with van der Waals surface area (Å²) in [5.74, 6) is -2.34. The standard InChI is InChI=1S/C13H17F2NS/c1-17-12-4-2-3-11(7-12)16-9-10-5-6-13(14,15)8-10/h2-4,7,10,16H,5-6,8-9H2,1H3. The van der Waals surface area contributed by atoms with E-state index in [0.29, 0.717) is 13.0 Å². The van der Waals surface area contributed by atoms with Gasteiger partial charge < -0.3 is 5.32 Å². The molecule has 2 rings (SSSR count). The molecular weight excluding hydrogens is 240 g/mol. The van der Waals surface area contributed by atoms with Crippen molar-refractivity contribution >= 4 is 17.4 Å². The lowest BCUT2D eigenvalue weighted by atomic mass is 10.1. The van der Waals surface area contributed by atoms with Crippen molar-refractivity contribution in [2.45, 2.75) is 30.1 Å². The number of hydrogen-bond donors (Lipinski definition) is 1. The highest BCUT2D eigenvalue weighted by Gasteiger charge is 2.38. The van der Waals surface area contributed by atoms with Gasteiger partial charge in [0.1, 0.15) is 0 Å². The van der Waals surface area contributed by atoms with Crippen LogP contribution in [-0.2, 0) is 0 Å². The average Bonchev–Trinajstić information content (AvgIpc) is 2.67. The van der Waals surface area contributed by atoms with E-state index in [4.69, 9.17) is 0 Å².